The van der Waals surface area contributed by atoms with Crippen LogP contribution in [0.25, 0.3) is 0 Å². The Kier molecular flexibility index (Phi) is 5.45. The van der Waals surface area contributed by atoms with Crippen molar-refractivity contribution in [2.24, 2.45) is 0 Å². The fraction of sp³-hybridized carbons (Fsp3) is 0.417. The maximum Gasteiger partial charge on any atom is 0.333 e. The molecule has 3 heteroatoms. The Bertz CT molecular complexity index is 314. The monoisotopic (exact) mass is 209 g/mol. The van der Waals surface area contributed by atoms with E-state index >= 15 is 0 Å². The summed E-state index contributed by atoms with van der Waals surface area (Å²) in [4.78, 5) is 12.7. The molecule has 0 unspecified atom stereocenters. The standard InChI is InChI=1S/C12H19NO2/c1-6-8-11(7-2)13(5)10(4)9(3)12(14)15/h6,8H,1,7H2,2-5H3,(H,14,15)/b10-9+,11-8+. The first-order valence-corrected chi connectivity index (χ1v) is 4.91. The highest BCUT2D eigenvalue weighted by molar-refractivity contribution is 5.86. The van der Waals surface area contributed by atoms with Gasteiger partial charge < -0.3 is 10.0 Å². The van der Waals surface area contributed by atoms with Gasteiger partial charge in [0.15, 0.2) is 0 Å². The Morgan fingerprint density at radius 2 is 2.00 bits per heavy atom. The lowest BCUT2D eigenvalue weighted by Gasteiger charge is -2.23. The van der Waals surface area contributed by atoms with Crippen LogP contribution in [0, 0.1) is 0 Å². The zero-order chi connectivity index (χ0) is 12.0. The molecule has 0 spiro atoms. The zero-order valence-corrected chi connectivity index (χ0v) is 9.87. The predicted molar refractivity (Wildman–Crippen MR) is 62.3 cm³/mol. The second-order valence-corrected chi connectivity index (χ2v) is 3.32. The van der Waals surface area contributed by atoms with Gasteiger partial charge in [0.2, 0.25) is 0 Å². The molecule has 3 nitrogen and oxygen atoms in total. The molecule has 0 aromatic rings. The van der Waals surface area contributed by atoms with Gasteiger partial charge in [-0.05, 0) is 26.3 Å². The molecule has 0 amide bonds. The Labute approximate surface area is 91.4 Å². The topological polar surface area (TPSA) is 40.5 Å². The van der Waals surface area contributed by atoms with Crippen LogP contribution in [0.15, 0.2) is 35.7 Å². The molecule has 0 rings (SSSR count). The summed E-state index contributed by atoms with van der Waals surface area (Å²) >= 11 is 0. The predicted octanol–water partition coefficient (Wildman–Crippen LogP) is 2.78. The van der Waals surface area contributed by atoms with Gasteiger partial charge >= 0.3 is 5.97 Å². The van der Waals surface area contributed by atoms with Gasteiger partial charge in [-0.25, -0.2) is 4.79 Å². The smallest absolute Gasteiger partial charge is 0.333 e. The molecule has 0 fully saturated rings. The number of nitrogens with zero attached hydrogens (tertiary/aromatic N) is 1. The molecule has 15 heavy (non-hydrogen) atoms. The van der Waals surface area contributed by atoms with Crippen molar-refractivity contribution in [2.45, 2.75) is 27.2 Å². The van der Waals surface area contributed by atoms with Gasteiger partial charge in [-0.1, -0.05) is 19.6 Å². The van der Waals surface area contributed by atoms with E-state index in [2.05, 4.69) is 6.58 Å². The SMILES string of the molecule is C=C/C=C(\CC)N(C)/C(C)=C(\C)C(=O)O. The quantitative estimate of drug-likeness (QED) is 0.559. The minimum absolute atomic E-state index is 0.362. The normalized spacial score (nSPS) is 13.2. The van der Waals surface area contributed by atoms with E-state index in [4.69, 9.17) is 5.11 Å². The molecular formula is C12H19NO2. The van der Waals surface area contributed by atoms with Crippen molar-refractivity contribution in [3.8, 4) is 0 Å². The fourth-order valence-electron chi connectivity index (χ4n) is 1.22. The van der Waals surface area contributed by atoms with Crippen LogP contribution in [-0.2, 0) is 4.79 Å². The molecule has 0 atom stereocenters. The molecule has 0 heterocycles. The highest BCUT2D eigenvalue weighted by Gasteiger charge is 2.10. The van der Waals surface area contributed by atoms with Crippen LogP contribution in [0.2, 0.25) is 0 Å². The van der Waals surface area contributed by atoms with E-state index in [-0.39, 0.29) is 0 Å². The Balaban J connectivity index is 5.07. The van der Waals surface area contributed by atoms with Gasteiger partial charge in [0, 0.05) is 18.4 Å². The number of rotatable bonds is 5. The molecule has 1 N–H and O–H groups in total. The van der Waals surface area contributed by atoms with Crippen LogP contribution < -0.4 is 0 Å². The number of carboxylic acids is 1. The summed E-state index contributed by atoms with van der Waals surface area (Å²) in [7, 11) is 1.86. The number of carboxylic acid groups (broad SMARTS) is 1. The van der Waals surface area contributed by atoms with Gasteiger partial charge in [-0.3, -0.25) is 0 Å². The third-order valence-electron chi connectivity index (χ3n) is 2.47. The summed E-state index contributed by atoms with van der Waals surface area (Å²) in [5, 5.41) is 8.86. The molecule has 0 aliphatic rings. The van der Waals surface area contributed by atoms with Crippen LogP contribution in [0.4, 0.5) is 0 Å². The Hall–Kier alpha value is -1.51. The van der Waals surface area contributed by atoms with Crippen molar-refractivity contribution in [3.63, 3.8) is 0 Å². The zero-order valence-electron chi connectivity index (χ0n) is 9.87. The molecule has 0 aliphatic carbocycles. The second kappa shape index (κ2) is 6.06. The average molecular weight is 209 g/mol. The van der Waals surface area contributed by atoms with Crippen LogP contribution in [-0.4, -0.2) is 23.0 Å². The van der Waals surface area contributed by atoms with Crippen LogP contribution >= 0.6 is 0 Å². The first kappa shape index (κ1) is 13.5. The van der Waals surface area contributed by atoms with E-state index in [0.29, 0.717) is 5.57 Å². The summed E-state index contributed by atoms with van der Waals surface area (Å²) in [6, 6.07) is 0. The molecule has 0 bridgehead atoms. The van der Waals surface area contributed by atoms with Gasteiger partial charge in [0.1, 0.15) is 0 Å². The number of hydrogen-bond donors (Lipinski definition) is 1. The Morgan fingerprint density at radius 1 is 1.47 bits per heavy atom. The number of allylic oxidation sites excluding steroid dienone is 4. The number of carbonyl (C=O) groups is 1. The van der Waals surface area contributed by atoms with E-state index in [9.17, 15) is 4.79 Å². The fourth-order valence-corrected chi connectivity index (χ4v) is 1.22. The van der Waals surface area contributed by atoms with Gasteiger partial charge in [-0.2, -0.15) is 0 Å². The van der Waals surface area contributed by atoms with Crippen LogP contribution in [0.3, 0.4) is 0 Å². The van der Waals surface area contributed by atoms with E-state index in [1.54, 1.807) is 19.9 Å². The highest BCUT2D eigenvalue weighted by Crippen LogP contribution is 2.16. The van der Waals surface area contributed by atoms with Gasteiger partial charge in [0.05, 0.1) is 5.57 Å². The highest BCUT2D eigenvalue weighted by atomic mass is 16.4. The Morgan fingerprint density at radius 3 is 2.33 bits per heavy atom. The summed E-state index contributed by atoms with van der Waals surface area (Å²) < 4.78 is 0. The molecule has 0 aliphatic heterocycles. The van der Waals surface area contributed by atoms with Gasteiger partial charge in [0.25, 0.3) is 0 Å². The van der Waals surface area contributed by atoms with Crippen LogP contribution in [0.5, 0.6) is 0 Å². The van der Waals surface area contributed by atoms with Crippen LogP contribution in [0.1, 0.15) is 27.2 Å². The molecule has 0 aromatic heterocycles. The van der Waals surface area contributed by atoms with Crippen molar-refractivity contribution >= 4 is 5.97 Å². The maximum atomic E-state index is 10.8. The minimum atomic E-state index is -0.881. The van der Waals surface area contributed by atoms with Crippen molar-refractivity contribution < 1.29 is 9.90 Å². The van der Waals surface area contributed by atoms with Gasteiger partial charge in [-0.15, -0.1) is 0 Å². The minimum Gasteiger partial charge on any atom is -0.478 e. The summed E-state index contributed by atoms with van der Waals surface area (Å²) in [6.45, 7) is 9.07. The lowest BCUT2D eigenvalue weighted by Crippen LogP contribution is -2.18. The average Bonchev–Trinajstić information content (AvgIpc) is 2.22. The lowest BCUT2D eigenvalue weighted by molar-refractivity contribution is -0.132. The van der Waals surface area contributed by atoms with Crippen molar-refractivity contribution in [1.29, 1.82) is 0 Å². The molecule has 0 saturated heterocycles. The second-order valence-electron chi connectivity index (χ2n) is 3.32. The molecular weight excluding hydrogens is 190 g/mol. The van der Waals surface area contributed by atoms with Crippen molar-refractivity contribution in [2.75, 3.05) is 7.05 Å². The first-order valence-electron chi connectivity index (χ1n) is 4.91. The third kappa shape index (κ3) is 3.62. The van der Waals surface area contributed by atoms with E-state index in [1.807, 2.05) is 24.9 Å². The summed E-state index contributed by atoms with van der Waals surface area (Å²) in [5.74, 6) is -0.881. The summed E-state index contributed by atoms with van der Waals surface area (Å²) in [5.41, 5.74) is 2.15. The summed E-state index contributed by atoms with van der Waals surface area (Å²) in [6.07, 6.45) is 4.43. The number of hydrogen-bond acceptors (Lipinski definition) is 2. The lowest BCUT2D eigenvalue weighted by atomic mass is 10.2. The van der Waals surface area contributed by atoms with Crippen molar-refractivity contribution in [1.82, 2.24) is 4.90 Å². The molecule has 84 valence electrons. The molecule has 0 radical (unpaired) electrons. The molecule has 0 saturated carbocycles. The van der Waals surface area contributed by atoms with E-state index < -0.39 is 5.97 Å². The van der Waals surface area contributed by atoms with E-state index in [1.165, 1.54) is 0 Å². The van der Waals surface area contributed by atoms with E-state index in [0.717, 1.165) is 17.8 Å². The first-order chi connectivity index (χ1) is 6.95. The largest absolute Gasteiger partial charge is 0.478 e. The van der Waals surface area contributed by atoms with Crippen molar-refractivity contribution in [3.05, 3.63) is 35.7 Å². The molecule has 0 aromatic carbocycles. The maximum absolute atomic E-state index is 10.8. The third-order valence-corrected chi connectivity index (χ3v) is 2.47. The number of aliphatic carboxylic acids is 1.